The molecule has 2 amide bonds. The molecule has 0 aromatic heterocycles. The summed E-state index contributed by atoms with van der Waals surface area (Å²) in [6.45, 7) is 0.0874. The van der Waals surface area contributed by atoms with Gasteiger partial charge in [0, 0.05) is 36.3 Å². The molecule has 0 unspecified atom stereocenters. The number of para-hydroxylation sites is 1. The SMILES string of the molecule is COc1cc2c(cc1OC)CN(C(=O)[C@H]1[C@@H]3C(=O)O[C@@H](c4ccccc4)[C@@H](c4ccccc4)N3[C@@H](c3ccccc3OCCO)[C@]13C(=O)Nc1ccc(C#CCCO)cc13)CC2. The van der Waals surface area contributed by atoms with Gasteiger partial charge in [-0.25, -0.2) is 0 Å². The topological polar surface area (TPSA) is 147 Å². The summed E-state index contributed by atoms with van der Waals surface area (Å²) in [4.78, 5) is 50.8. The second kappa shape index (κ2) is 17.0. The van der Waals surface area contributed by atoms with Gasteiger partial charge in [-0.1, -0.05) is 90.7 Å². The second-order valence-corrected chi connectivity index (χ2v) is 15.9. The molecule has 5 aromatic rings. The highest BCUT2D eigenvalue weighted by Gasteiger charge is 2.74. The molecule has 6 atom stereocenters. The lowest BCUT2D eigenvalue weighted by Gasteiger charge is -2.46. The van der Waals surface area contributed by atoms with E-state index in [2.05, 4.69) is 17.2 Å². The van der Waals surface area contributed by atoms with E-state index < -0.39 is 53.3 Å². The van der Waals surface area contributed by atoms with Crippen molar-refractivity contribution in [2.75, 3.05) is 45.9 Å². The summed E-state index contributed by atoms with van der Waals surface area (Å²) in [5.74, 6) is 4.84. The normalized spacial score (nSPS) is 23.6. The molecule has 2 saturated heterocycles. The maximum Gasteiger partial charge on any atom is 0.324 e. The molecular formula is C50H47N3O9. The number of carbonyl (C=O) groups excluding carboxylic acids is 3. The lowest BCUT2D eigenvalue weighted by atomic mass is 9.64. The molecule has 62 heavy (non-hydrogen) atoms. The van der Waals surface area contributed by atoms with Gasteiger partial charge in [-0.2, -0.15) is 0 Å². The zero-order valence-electron chi connectivity index (χ0n) is 34.5. The Labute approximate surface area is 360 Å². The standard InChI is InChI=1S/C50H47N3O9/c1-59-40-28-34-22-23-52(30-35(34)29-41(40)60-2)47(56)42-44-48(57)62-45(33-16-7-4-8-17-33)43(32-14-5-3-6-15-32)53(44)46(36-18-9-10-19-39(36)61-26-25-55)50(42)37-27-31(13-11-12-24-54)20-21-38(37)51-49(50)58/h3-10,14-21,27-29,42-46,54-55H,12,22-26,30H2,1-2H3,(H,51,58)/t42-,43-,44-,45+,46+,50-/m1/s1. The lowest BCUT2D eigenvalue weighted by molar-refractivity contribution is -0.179. The van der Waals surface area contributed by atoms with Crippen LogP contribution < -0.4 is 19.5 Å². The van der Waals surface area contributed by atoms with Crippen molar-refractivity contribution in [3.05, 3.63) is 154 Å². The molecule has 4 aliphatic rings. The van der Waals surface area contributed by atoms with Crippen LogP contribution in [0.4, 0.5) is 5.69 Å². The highest BCUT2D eigenvalue weighted by Crippen LogP contribution is 2.66. The predicted molar refractivity (Wildman–Crippen MR) is 229 cm³/mol. The third-order valence-corrected chi connectivity index (χ3v) is 12.6. The first-order valence-corrected chi connectivity index (χ1v) is 20.8. The van der Waals surface area contributed by atoms with Crippen LogP contribution >= 0.6 is 0 Å². The fraction of sp³-hybridized carbons (Fsp3) is 0.300. The summed E-state index contributed by atoms with van der Waals surface area (Å²) in [5.41, 5.74) is 3.79. The smallest absolute Gasteiger partial charge is 0.324 e. The number of cyclic esters (lactones) is 1. The fourth-order valence-electron chi connectivity index (χ4n) is 10.1. The van der Waals surface area contributed by atoms with Crippen LogP contribution in [-0.2, 0) is 37.5 Å². The Morgan fingerprint density at radius 2 is 1.52 bits per heavy atom. The van der Waals surface area contributed by atoms with Crippen LogP contribution in [0, 0.1) is 17.8 Å². The van der Waals surface area contributed by atoms with Gasteiger partial charge in [-0.05, 0) is 70.6 Å². The minimum atomic E-state index is -1.76. The molecule has 12 heteroatoms. The van der Waals surface area contributed by atoms with E-state index in [0.29, 0.717) is 52.6 Å². The number of hydrogen-bond donors (Lipinski definition) is 3. The van der Waals surface area contributed by atoms with Gasteiger partial charge < -0.3 is 39.4 Å². The Bertz CT molecular complexity index is 2570. The molecule has 0 bridgehead atoms. The van der Waals surface area contributed by atoms with Crippen LogP contribution in [0.1, 0.15) is 63.6 Å². The molecule has 1 spiro atoms. The summed E-state index contributed by atoms with van der Waals surface area (Å²) in [5, 5.41) is 22.7. The Hall–Kier alpha value is -6.65. The molecule has 0 radical (unpaired) electrons. The van der Waals surface area contributed by atoms with Gasteiger partial charge >= 0.3 is 5.97 Å². The van der Waals surface area contributed by atoms with Gasteiger partial charge in [0.1, 0.15) is 29.9 Å². The molecule has 2 fully saturated rings. The van der Waals surface area contributed by atoms with E-state index in [0.717, 1.165) is 22.3 Å². The van der Waals surface area contributed by atoms with Crippen molar-refractivity contribution in [3.63, 3.8) is 0 Å². The van der Waals surface area contributed by atoms with Gasteiger partial charge in [0.25, 0.3) is 0 Å². The Morgan fingerprint density at radius 1 is 0.823 bits per heavy atom. The maximum atomic E-state index is 16.1. The van der Waals surface area contributed by atoms with E-state index in [1.165, 1.54) is 0 Å². The molecule has 5 aromatic carbocycles. The number of rotatable bonds is 10. The summed E-state index contributed by atoms with van der Waals surface area (Å²) >= 11 is 0. The van der Waals surface area contributed by atoms with Crippen LogP contribution in [0.3, 0.4) is 0 Å². The van der Waals surface area contributed by atoms with Gasteiger partial charge in [0.2, 0.25) is 11.8 Å². The Balaban J connectivity index is 1.33. The van der Waals surface area contributed by atoms with Gasteiger partial charge in [0.15, 0.2) is 11.5 Å². The van der Waals surface area contributed by atoms with Crippen molar-refractivity contribution in [3.8, 4) is 29.1 Å². The molecule has 316 valence electrons. The maximum absolute atomic E-state index is 16.1. The third-order valence-electron chi connectivity index (χ3n) is 12.6. The fourth-order valence-corrected chi connectivity index (χ4v) is 10.1. The lowest BCUT2D eigenvalue weighted by Crippen LogP contribution is -2.56. The van der Waals surface area contributed by atoms with Gasteiger partial charge in [0.05, 0.1) is 45.4 Å². The number of nitrogens with zero attached hydrogens (tertiary/aromatic N) is 2. The van der Waals surface area contributed by atoms with Crippen molar-refractivity contribution in [1.82, 2.24) is 9.80 Å². The number of aliphatic hydroxyl groups excluding tert-OH is 2. The summed E-state index contributed by atoms with van der Waals surface area (Å²) in [6.07, 6.45) is -0.102. The van der Waals surface area contributed by atoms with Crippen LogP contribution in [0.2, 0.25) is 0 Å². The van der Waals surface area contributed by atoms with Gasteiger partial charge in [-0.15, -0.1) is 0 Å². The third kappa shape index (κ3) is 6.73. The molecule has 0 saturated carbocycles. The molecule has 4 heterocycles. The van der Waals surface area contributed by atoms with Crippen LogP contribution in [-0.4, -0.2) is 84.4 Å². The second-order valence-electron chi connectivity index (χ2n) is 15.9. The average Bonchev–Trinajstić information content (AvgIpc) is 3.79. The molecular weight excluding hydrogens is 787 g/mol. The first-order valence-electron chi connectivity index (χ1n) is 20.8. The largest absolute Gasteiger partial charge is 0.493 e. The summed E-state index contributed by atoms with van der Waals surface area (Å²) in [7, 11) is 3.15. The number of aliphatic hydroxyl groups is 2. The number of fused-ring (bicyclic) bond motifs is 4. The number of nitrogens with one attached hydrogen (secondary N) is 1. The number of amides is 2. The first kappa shape index (κ1) is 40.7. The zero-order chi connectivity index (χ0) is 43.0. The van der Waals surface area contributed by atoms with Gasteiger partial charge in [-0.3, -0.25) is 19.3 Å². The number of carbonyl (C=O) groups is 3. The Kier molecular flexibility index (Phi) is 11.2. The van der Waals surface area contributed by atoms with Crippen molar-refractivity contribution in [1.29, 1.82) is 0 Å². The number of ether oxygens (including phenoxy) is 4. The predicted octanol–water partition coefficient (Wildman–Crippen LogP) is 5.66. The van der Waals surface area contributed by atoms with E-state index >= 15 is 14.4 Å². The zero-order valence-corrected chi connectivity index (χ0v) is 34.5. The first-order chi connectivity index (χ1) is 30.3. The average molecular weight is 834 g/mol. The van der Waals surface area contributed by atoms with E-state index in [4.69, 9.17) is 18.9 Å². The molecule has 12 nitrogen and oxygen atoms in total. The molecule has 9 rings (SSSR count). The van der Waals surface area contributed by atoms with Crippen LogP contribution in [0.5, 0.6) is 17.2 Å². The number of morpholine rings is 1. The number of methoxy groups -OCH3 is 2. The number of esters is 1. The van der Waals surface area contributed by atoms with Crippen molar-refractivity contribution in [2.45, 2.75) is 49.0 Å². The Morgan fingerprint density at radius 3 is 2.23 bits per heavy atom. The molecule has 0 aliphatic carbocycles. The minimum Gasteiger partial charge on any atom is -0.493 e. The van der Waals surface area contributed by atoms with E-state index in [1.807, 2.05) is 102 Å². The van der Waals surface area contributed by atoms with E-state index in [1.54, 1.807) is 37.3 Å². The van der Waals surface area contributed by atoms with E-state index in [9.17, 15) is 10.2 Å². The van der Waals surface area contributed by atoms with E-state index in [-0.39, 0.29) is 32.8 Å². The molecule has 3 N–H and O–H groups in total. The number of anilines is 1. The molecule has 4 aliphatic heterocycles. The summed E-state index contributed by atoms with van der Waals surface area (Å²) < 4.78 is 24.1. The number of hydrogen-bond acceptors (Lipinski definition) is 10. The quantitative estimate of drug-likeness (QED) is 0.119. The highest BCUT2D eigenvalue weighted by molar-refractivity contribution is 6.12. The van der Waals surface area contributed by atoms with Crippen molar-refractivity contribution in [2.24, 2.45) is 5.92 Å². The number of benzene rings is 5. The van der Waals surface area contributed by atoms with Crippen molar-refractivity contribution >= 4 is 23.5 Å². The highest BCUT2D eigenvalue weighted by atomic mass is 16.6. The summed E-state index contributed by atoms with van der Waals surface area (Å²) in [6, 6.07) is 32.8. The monoisotopic (exact) mass is 833 g/mol. The van der Waals surface area contributed by atoms with Crippen molar-refractivity contribution < 1.29 is 43.5 Å². The van der Waals surface area contributed by atoms with Crippen LogP contribution in [0.15, 0.2) is 115 Å². The minimum absolute atomic E-state index is 0.0336. The van der Waals surface area contributed by atoms with Crippen LogP contribution in [0.25, 0.3) is 0 Å².